The predicted molar refractivity (Wildman–Crippen MR) is 90.3 cm³/mol. The van der Waals surface area contributed by atoms with Crippen LogP contribution in [0.2, 0.25) is 0 Å². The van der Waals surface area contributed by atoms with Gasteiger partial charge in [0.15, 0.2) is 9.84 Å². The molecule has 1 fully saturated rings. The molecule has 9 nitrogen and oxygen atoms in total. The summed E-state index contributed by atoms with van der Waals surface area (Å²) in [4.78, 5) is 36.1. The van der Waals surface area contributed by atoms with Crippen molar-refractivity contribution >= 4 is 33.4 Å². The molecule has 4 amide bonds. The van der Waals surface area contributed by atoms with Crippen LogP contribution in [0.5, 0.6) is 0 Å². The summed E-state index contributed by atoms with van der Waals surface area (Å²) >= 11 is 0. The Labute approximate surface area is 145 Å². The van der Waals surface area contributed by atoms with Gasteiger partial charge in [0.1, 0.15) is 5.54 Å². The van der Waals surface area contributed by atoms with E-state index in [-0.39, 0.29) is 11.4 Å². The Balaban J connectivity index is 1.98. The summed E-state index contributed by atoms with van der Waals surface area (Å²) in [7, 11) is -3.36. The Morgan fingerprint density at radius 2 is 2.00 bits per heavy atom. The quantitative estimate of drug-likeness (QED) is 0.619. The summed E-state index contributed by atoms with van der Waals surface area (Å²) in [6.45, 7) is 3.08. The van der Waals surface area contributed by atoms with Crippen molar-refractivity contribution in [3.63, 3.8) is 0 Å². The summed E-state index contributed by atoms with van der Waals surface area (Å²) in [5.41, 5.74) is 1.62. The molecule has 3 N–H and O–H groups in total. The van der Waals surface area contributed by atoms with Gasteiger partial charge in [0, 0.05) is 11.9 Å². The van der Waals surface area contributed by atoms with Crippen LogP contribution >= 0.6 is 0 Å². The van der Waals surface area contributed by atoms with Crippen LogP contribution < -0.4 is 16.1 Å². The lowest BCUT2D eigenvalue weighted by Crippen LogP contribution is -2.50. The number of imide groups is 1. The molecule has 1 heterocycles. The van der Waals surface area contributed by atoms with Crippen molar-refractivity contribution in [3.8, 4) is 0 Å². The van der Waals surface area contributed by atoms with Crippen molar-refractivity contribution in [2.75, 3.05) is 18.1 Å². The molecule has 136 valence electrons. The van der Waals surface area contributed by atoms with E-state index in [2.05, 4.69) is 16.1 Å². The van der Waals surface area contributed by atoms with Crippen LogP contribution in [0.1, 0.15) is 20.3 Å². The Hall–Kier alpha value is -2.62. The highest BCUT2D eigenvalue weighted by Crippen LogP contribution is 2.19. The summed E-state index contributed by atoms with van der Waals surface area (Å²) in [6.07, 6.45) is 1.47. The smallest absolute Gasteiger partial charge is 0.344 e. The monoisotopic (exact) mass is 368 g/mol. The first-order chi connectivity index (χ1) is 11.6. The van der Waals surface area contributed by atoms with E-state index < -0.39 is 33.2 Å². The molecule has 10 heteroatoms. The summed E-state index contributed by atoms with van der Waals surface area (Å²) in [5, 5.41) is 5.92. The maximum absolute atomic E-state index is 12.2. The molecule has 25 heavy (non-hydrogen) atoms. The number of benzene rings is 1. The summed E-state index contributed by atoms with van der Waals surface area (Å²) in [6, 6.07) is 5.29. The van der Waals surface area contributed by atoms with Crippen molar-refractivity contribution in [2.45, 2.75) is 30.7 Å². The highest BCUT2D eigenvalue weighted by atomic mass is 32.2. The van der Waals surface area contributed by atoms with Gasteiger partial charge in [0.05, 0.1) is 11.4 Å². The van der Waals surface area contributed by atoms with Crippen molar-refractivity contribution < 1.29 is 22.8 Å². The molecule has 1 atom stereocenters. The van der Waals surface area contributed by atoms with Crippen LogP contribution in [-0.2, 0) is 19.4 Å². The zero-order valence-corrected chi connectivity index (χ0v) is 14.9. The van der Waals surface area contributed by atoms with Gasteiger partial charge in [-0.25, -0.2) is 13.2 Å². The lowest BCUT2D eigenvalue weighted by Gasteiger charge is -2.19. The third kappa shape index (κ3) is 4.08. The van der Waals surface area contributed by atoms with E-state index >= 15 is 0 Å². The number of hydrogen-bond donors (Lipinski definition) is 3. The van der Waals surface area contributed by atoms with Crippen LogP contribution in [-0.4, -0.2) is 49.6 Å². The molecule has 0 bridgehead atoms. The maximum Gasteiger partial charge on any atom is 0.344 e. The first-order valence-electron chi connectivity index (χ1n) is 7.57. The minimum atomic E-state index is -3.36. The normalized spacial score (nSPS) is 20.4. The van der Waals surface area contributed by atoms with Gasteiger partial charge in [-0.2, -0.15) is 5.01 Å². The maximum atomic E-state index is 12.2. The topological polar surface area (TPSA) is 125 Å². The standard InChI is InChI=1S/C15H20N4O5S/c1-4-15(2)13(21)19(14(22)17-15)18-12(20)9-16-10-6-5-7-11(8-10)25(3,23)24/h5-8,16H,4,9H2,1-3H3,(H,17,22)(H,18,20). The van der Waals surface area contributed by atoms with E-state index in [1.165, 1.54) is 12.1 Å². The molecule has 1 aliphatic rings. The Morgan fingerprint density at radius 1 is 1.32 bits per heavy atom. The number of carbonyl (C=O) groups excluding carboxylic acids is 3. The lowest BCUT2D eigenvalue weighted by molar-refractivity contribution is -0.138. The van der Waals surface area contributed by atoms with Crippen LogP contribution in [0.25, 0.3) is 0 Å². The van der Waals surface area contributed by atoms with Crippen molar-refractivity contribution in [3.05, 3.63) is 24.3 Å². The van der Waals surface area contributed by atoms with Crippen LogP contribution in [0, 0.1) is 0 Å². The van der Waals surface area contributed by atoms with Gasteiger partial charge in [-0.05, 0) is 31.5 Å². The van der Waals surface area contributed by atoms with Crippen LogP contribution in [0.15, 0.2) is 29.2 Å². The van der Waals surface area contributed by atoms with E-state index in [0.29, 0.717) is 17.1 Å². The number of hydrazine groups is 1. The number of nitrogens with zero attached hydrogens (tertiary/aromatic N) is 1. The average Bonchev–Trinajstić information content (AvgIpc) is 2.76. The molecule has 0 saturated carbocycles. The third-order valence-electron chi connectivity index (χ3n) is 3.92. The predicted octanol–water partition coefficient (Wildman–Crippen LogP) is 0.254. The van der Waals surface area contributed by atoms with Gasteiger partial charge >= 0.3 is 6.03 Å². The second-order valence-corrected chi connectivity index (χ2v) is 7.96. The summed E-state index contributed by atoms with van der Waals surface area (Å²) in [5.74, 6) is -1.15. The Morgan fingerprint density at radius 3 is 2.56 bits per heavy atom. The highest BCUT2D eigenvalue weighted by molar-refractivity contribution is 7.90. The van der Waals surface area contributed by atoms with E-state index in [1.54, 1.807) is 26.0 Å². The van der Waals surface area contributed by atoms with E-state index in [4.69, 9.17) is 0 Å². The molecule has 0 aromatic heterocycles. The summed E-state index contributed by atoms with van der Waals surface area (Å²) < 4.78 is 23.0. The van der Waals surface area contributed by atoms with Crippen molar-refractivity contribution in [1.29, 1.82) is 0 Å². The number of rotatable bonds is 6. The number of carbonyl (C=O) groups is 3. The highest BCUT2D eigenvalue weighted by Gasteiger charge is 2.47. The Bertz CT molecular complexity index is 823. The molecule has 1 aromatic rings. The average molecular weight is 368 g/mol. The number of sulfone groups is 1. The molecule has 0 spiro atoms. The largest absolute Gasteiger partial charge is 0.376 e. The van der Waals surface area contributed by atoms with Crippen molar-refractivity contribution in [1.82, 2.24) is 15.8 Å². The van der Waals surface area contributed by atoms with Crippen LogP contribution in [0.3, 0.4) is 0 Å². The number of nitrogens with one attached hydrogen (secondary N) is 3. The molecular weight excluding hydrogens is 348 g/mol. The van der Waals surface area contributed by atoms with Crippen molar-refractivity contribution in [2.24, 2.45) is 0 Å². The van der Waals surface area contributed by atoms with E-state index in [1.807, 2.05) is 0 Å². The molecule has 2 rings (SSSR count). The minimum absolute atomic E-state index is 0.116. The molecule has 1 unspecified atom stereocenters. The fourth-order valence-corrected chi connectivity index (χ4v) is 2.88. The third-order valence-corrected chi connectivity index (χ3v) is 5.03. The van der Waals surface area contributed by atoms with E-state index in [0.717, 1.165) is 6.26 Å². The first kappa shape index (κ1) is 18.7. The molecule has 0 aliphatic carbocycles. The van der Waals surface area contributed by atoms with Gasteiger partial charge < -0.3 is 10.6 Å². The minimum Gasteiger partial charge on any atom is -0.376 e. The van der Waals surface area contributed by atoms with Crippen LogP contribution in [0.4, 0.5) is 10.5 Å². The fraction of sp³-hybridized carbons (Fsp3) is 0.400. The zero-order chi connectivity index (χ0) is 18.8. The van der Waals surface area contributed by atoms with Gasteiger partial charge in [-0.1, -0.05) is 13.0 Å². The first-order valence-corrected chi connectivity index (χ1v) is 9.46. The van der Waals surface area contributed by atoms with Gasteiger partial charge in [0.25, 0.3) is 11.8 Å². The van der Waals surface area contributed by atoms with E-state index in [9.17, 15) is 22.8 Å². The van der Waals surface area contributed by atoms with Gasteiger partial charge in [-0.15, -0.1) is 0 Å². The molecule has 1 aliphatic heterocycles. The fourth-order valence-electron chi connectivity index (χ4n) is 2.21. The SMILES string of the molecule is CCC1(C)NC(=O)N(NC(=O)CNc2cccc(S(C)(=O)=O)c2)C1=O. The number of amides is 4. The Kier molecular flexibility index (Phi) is 5.02. The number of urea groups is 1. The van der Waals surface area contributed by atoms with Gasteiger partial charge in [0.2, 0.25) is 0 Å². The molecule has 0 radical (unpaired) electrons. The number of hydrogen-bond acceptors (Lipinski definition) is 6. The molecular formula is C15H20N4O5S. The molecule has 1 aromatic carbocycles. The number of anilines is 1. The van der Waals surface area contributed by atoms with Gasteiger partial charge in [-0.3, -0.25) is 15.0 Å². The zero-order valence-electron chi connectivity index (χ0n) is 14.1. The second-order valence-electron chi connectivity index (χ2n) is 5.94. The molecule has 1 saturated heterocycles. The second kappa shape index (κ2) is 6.71. The lowest BCUT2D eigenvalue weighted by atomic mass is 10.00.